The summed E-state index contributed by atoms with van der Waals surface area (Å²) in [5.41, 5.74) is 3.38. The SMILES string of the molecule is CC(C)c1ccc(CN2CCCC3(CCN(Cc4ncc[nH]4)C3)C2)cc1. The molecule has 1 spiro atoms. The summed E-state index contributed by atoms with van der Waals surface area (Å²) < 4.78 is 0. The fourth-order valence-corrected chi connectivity index (χ4v) is 4.80. The van der Waals surface area contributed by atoms with Crippen molar-refractivity contribution < 1.29 is 0 Å². The summed E-state index contributed by atoms with van der Waals surface area (Å²) in [6.45, 7) is 11.5. The van der Waals surface area contributed by atoms with Crippen LogP contribution in [-0.2, 0) is 13.1 Å². The summed E-state index contributed by atoms with van der Waals surface area (Å²) >= 11 is 0. The molecule has 4 nitrogen and oxygen atoms in total. The van der Waals surface area contributed by atoms with Crippen LogP contribution in [0.3, 0.4) is 0 Å². The van der Waals surface area contributed by atoms with Gasteiger partial charge in [-0.15, -0.1) is 0 Å². The molecule has 1 aromatic heterocycles. The molecule has 1 N–H and O–H groups in total. The highest BCUT2D eigenvalue weighted by atomic mass is 15.2. The van der Waals surface area contributed by atoms with Crippen LogP contribution in [0.15, 0.2) is 36.7 Å². The molecule has 2 fully saturated rings. The van der Waals surface area contributed by atoms with Gasteiger partial charge in [0.05, 0.1) is 6.54 Å². The van der Waals surface area contributed by atoms with Crippen LogP contribution in [0.5, 0.6) is 0 Å². The third-order valence-electron chi connectivity index (χ3n) is 6.24. The number of aromatic amines is 1. The molecule has 3 heterocycles. The lowest BCUT2D eigenvalue weighted by Gasteiger charge is -2.40. The van der Waals surface area contributed by atoms with Crippen LogP contribution in [0.25, 0.3) is 0 Å². The highest BCUT2D eigenvalue weighted by Gasteiger charge is 2.41. The zero-order valence-electron chi connectivity index (χ0n) is 16.2. The second-order valence-corrected chi connectivity index (χ2v) is 8.71. The van der Waals surface area contributed by atoms with E-state index in [1.54, 1.807) is 0 Å². The molecule has 0 saturated carbocycles. The maximum Gasteiger partial charge on any atom is 0.120 e. The number of nitrogens with one attached hydrogen (secondary N) is 1. The van der Waals surface area contributed by atoms with E-state index in [0.717, 1.165) is 18.9 Å². The fraction of sp³-hybridized carbons (Fsp3) is 0.591. The fourth-order valence-electron chi connectivity index (χ4n) is 4.80. The predicted molar refractivity (Wildman–Crippen MR) is 106 cm³/mol. The van der Waals surface area contributed by atoms with Crippen LogP contribution in [0.2, 0.25) is 0 Å². The highest BCUT2D eigenvalue weighted by molar-refractivity contribution is 5.24. The largest absolute Gasteiger partial charge is 0.348 e. The van der Waals surface area contributed by atoms with Gasteiger partial charge in [0.1, 0.15) is 5.82 Å². The molecule has 140 valence electrons. The summed E-state index contributed by atoms with van der Waals surface area (Å²) in [6, 6.07) is 9.27. The molecule has 2 aliphatic rings. The molecule has 2 aromatic rings. The Hall–Kier alpha value is -1.65. The minimum atomic E-state index is 0.489. The van der Waals surface area contributed by atoms with Gasteiger partial charge in [-0.05, 0) is 54.8 Å². The number of imidazole rings is 1. The van der Waals surface area contributed by atoms with Crippen molar-refractivity contribution in [3.05, 3.63) is 53.6 Å². The van der Waals surface area contributed by atoms with Crippen LogP contribution in [0, 0.1) is 5.41 Å². The first-order valence-electron chi connectivity index (χ1n) is 10.1. The minimum Gasteiger partial charge on any atom is -0.348 e. The normalized spacial score (nSPS) is 24.7. The molecule has 0 amide bonds. The minimum absolute atomic E-state index is 0.489. The van der Waals surface area contributed by atoms with Gasteiger partial charge in [-0.3, -0.25) is 9.80 Å². The number of piperidine rings is 1. The van der Waals surface area contributed by atoms with Gasteiger partial charge in [-0.2, -0.15) is 0 Å². The van der Waals surface area contributed by atoms with E-state index in [0.29, 0.717) is 11.3 Å². The smallest absolute Gasteiger partial charge is 0.120 e. The van der Waals surface area contributed by atoms with Crippen LogP contribution in [0.4, 0.5) is 0 Å². The lowest BCUT2D eigenvalue weighted by Crippen LogP contribution is -2.44. The number of rotatable bonds is 5. The number of hydrogen-bond donors (Lipinski definition) is 1. The third kappa shape index (κ3) is 4.02. The second kappa shape index (κ2) is 7.53. The van der Waals surface area contributed by atoms with E-state index in [1.165, 1.54) is 56.6 Å². The number of aromatic nitrogens is 2. The topological polar surface area (TPSA) is 35.2 Å². The van der Waals surface area contributed by atoms with Crippen molar-refractivity contribution in [2.45, 2.75) is 52.1 Å². The van der Waals surface area contributed by atoms with Gasteiger partial charge in [0.25, 0.3) is 0 Å². The molecule has 26 heavy (non-hydrogen) atoms. The molecule has 0 radical (unpaired) electrons. The average molecular weight is 353 g/mol. The molecule has 1 unspecified atom stereocenters. The molecule has 1 aromatic carbocycles. The first-order valence-corrected chi connectivity index (χ1v) is 10.1. The Bertz CT molecular complexity index is 691. The summed E-state index contributed by atoms with van der Waals surface area (Å²) in [4.78, 5) is 12.9. The number of H-pyrrole nitrogens is 1. The second-order valence-electron chi connectivity index (χ2n) is 8.71. The lowest BCUT2D eigenvalue weighted by molar-refractivity contribution is 0.0863. The zero-order chi connectivity index (χ0) is 18.0. The quantitative estimate of drug-likeness (QED) is 0.883. The number of likely N-dealkylation sites (tertiary alicyclic amines) is 2. The standard InChI is InChI=1S/C22H32N4/c1-18(2)20-6-4-19(5-7-20)14-25-12-3-8-22(16-25)9-13-26(17-22)15-21-23-10-11-24-21/h4-7,10-11,18H,3,8-9,12-17H2,1-2H3,(H,23,24). The Morgan fingerprint density at radius 1 is 1.04 bits per heavy atom. The Balaban J connectivity index is 1.35. The van der Waals surface area contributed by atoms with Crippen LogP contribution >= 0.6 is 0 Å². The highest BCUT2D eigenvalue weighted by Crippen LogP contribution is 2.39. The summed E-state index contributed by atoms with van der Waals surface area (Å²) in [5.74, 6) is 1.71. The number of nitrogens with zero attached hydrogens (tertiary/aromatic N) is 3. The molecule has 0 bridgehead atoms. The van der Waals surface area contributed by atoms with Crippen molar-refractivity contribution in [1.29, 1.82) is 0 Å². The molecule has 4 heteroatoms. The Labute approximate surface area is 157 Å². The van der Waals surface area contributed by atoms with Crippen molar-refractivity contribution in [2.24, 2.45) is 5.41 Å². The maximum absolute atomic E-state index is 4.40. The van der Waals surface area contributed by atoms with Crippen molar-refractivity contribution in [3.8, 4) is 0 Å². The van der Waals surface area contributed by atoms with E-state index >= 15 is 0 Å². The third-order valence-corrected chi connectivity index (χ3v) is 6.24. The van der Waals surface area contributed by atoms with Crippen molar-refractivity contribution in [3.63, 3.8) is 0 Å². The van der Waals surface area contributed by atoms with Crippen LogP contribution < -0.4 is 0 Å². The molecular weight excluding hydrogens is 320 g/mol. The average Bonchev–Trinajstić information content (AvgIpc) is 3.26. The van der Waals surface area contributed by atoms with E-state index in [1.807, 2.05) is 12.4 Å². The van der Waals surface area contributed by atoms with Gasteiger partial charge < -0.3 is 4.98 Å². The Morgan fingerprint density at radius 2 is 1.81 bits per heavy atom. The van der Waals surface area contributed by atoms with E-state index in [9.17, 15) is 0 Å². The number of hydrogen-bond acceptors (Lipinski definition) is 3. The van der Waals surface area contributed by atoms with E-state index < -0.39 is 0 Å². The summed E-state index contributed by atoms with van der Waals surface area (Å²) in [7, 11) is 0. The summed E-state index contributed by atoms with van der Waals surface area (Å²) in [5, 5.41) is 0. The molecule has 1 atom stereocenters. The van der Waals surface area contributed by atoms with E-state index in [-0.39, 0.29) is 0 Å². The van der Waals surface area contributed by atoms with Gasteiger partial charge in [0, 0.05) is 32.0 Å². The van der Waals surface area contributed by atoms with Gasteiger partial charge in [-0.25, -0.2) is 4.98 Å². The van der Waals surface area contributed by atoms with Gasteiger partial charge in [0.15, 0.2) is 0 Å². The van der Waals surface area contributed by atoms with Crippen molar-refractivity contribution >= 4 is 0 Å². The molecule has 2 aliphatic heterocycles. The van der Waals surface area contributed by atoms with Crippen molar-refractivity contribution in [1.82, 2.24) is 19.8 Å². The molecule has 2 saturated heterocycles. The Kier molecular flexibility index (Phi) is 5.14. The lowest BCUT2D eigenvalue weighted by atomic mass is 9.79. The number of benzene rings is 1. The predicted octanol–water partition coefficient (Wildman–Crippen LogP) is 4.02. The first kappa shape index (κ1) is 17.7. The van der Waals surface area contributed by atoms with Crippen molar-refractivity contribution in [2.75, 3.05) is 26.2 Å². The zero-order valence-corrected chi connectivity index (χ0v) is 16.2. The first-order chi connectivity index (χ1) is 12.6. The molecular formula is C22H32N4. The van der Waals surface area contributed by atoms with Gasteiger partial charge in [-0.1, -0.05) is 38.1 Å². The van der Waals surface area contributed by atoms with Gasteiger partial charge >= 0.3 is 0 Å². The maximum atomic E-state index is 4.40. The van der Waals surface area contributed by atoms with Crippen LogP contribution in [-0.4, -0.2) is 45.9 Å². The summed E-state index contributed by atoms with van der Waals surface area (Å²) in [6.07, 6.45) is 7.82. The molecule has 0 aliphatic carbocycles. The van der Waals surface area contributed by atoms with Crippen LogP contribution in [0.1, 0.15) is 56.0 Å². The van der Waals surface area contributed by atoms with E-state index in [4.69, 9.17) is 0 Å². The van der Waals surface area contributed by atoms with E-state index in [2.05, 4.69) is 57.9 Å². The Morgan fingerprint density at radius 3 is 2.50 bits per heavy atom. The monoisotopic (exact) mass is 352 g/mol. The van der Waals surface area contributed by atoms with Gasteiger partial charge in [0.2, 0.25) is 0 Å². The molecule has 4 rings (SSSR count).